The van der Waals surface area contributed by atoms with Gasteiger partial charge in [0, 0.05) is 6.54 Å². The second-order valence-corrected chi connectivity index (χ2v) is 5.78. The largest absolute Gasteiger partial charge is 0.468 e. The Kier molecular flexibility index (Phi) is 4.36. The molecule has 0 aliphatic heterocycles. The van der Waals surface area contributed by atoms with Gasteiger partial charge >= 0.3 is 0 Å². The minimum Gasteiger partial charge on any atom is -0.468 e. The first kappa shape index (κ1) is 13.8. The normalized spacial score (nSPS) is 11.6. The van der Waals surface area contributed by atoms with Gasteiger partial charge in [0.05, 0.1) is 17.7 Å². The topological polar surface area (TPSA) is 71.3 Å². The molecule has 1 aromatic carbocycles. The second kappa shape index (κ2) is 6.01. The average molecular weight is 280 g/mol. The van der Waals surface area contributed by atoms with Crippen molar-refractivity contribution in [2.45, 2.75) is 18.0 Å². The summed E-state index contributed by atoms with van der Waals surface area (Å²) in [5.41, 5.74) is 0.733. The van der Waals surface area contributed by atoms with Gasteiger partial charge in [-0.3, -0.25) is 0 Å². The molecule has 0 unspecified atom stereocenters. The summed E-state index contributed by atoms with van der Waals surface area (Å²) in [5, 5.41) is 2.96. The van der Waals surface area contributed by atoms with E-state index in [0.717, 1.165) is 5.56 Å². The van der Waals surface area contributed by atoms with E-state index in [1.807, 2.05) is 6.07 Å². The van der Waals surface area contributed by atoms with Crippen LogP contribution in [0.15, 0.2) is 52.0 Å². The number of nitrogens with one attached hydrogen (secondary N) is 2. The number of hydrogen-bond donors (Lipinski definition) is 2. The summed E-state index contributed by atoms with van der Waals surface area (Å²) < 4.78 is 32.1. The van der Waals surface area contributed by atoms with Gasteiger partial charge < -0.3 is 9.73 Å². The smallest absolute Gasteiger partial charge is 0.241 e. The van der Waals surface area contributed by atoms with E-state index in [1.165, 1.54) is 6.26 Å². The molecule has 5 nitrogen and oxygen atoms in total. The summed E-state index contributed by atoms with van der Waals surface area (Å²) in [6.45, 7) is 0.640. The molecule has 1 heterocycles. The summed E-state index contributed by atoms with van der Waals surface area (Å²) in [7, 11) is -1.76. The third-order valence-electron chi connectivity index (χ3n) is 2.65. The van der Waals surface area contributed by atoms with Crippen LogP contribution in [0.4, 0.5) is 0 Å². The van der Waals surface area contributed by atoms with Crippen molar-refractivity contribution in [2.75, 3.05) is 7.05 Å². The van der Waals surface area contributed by atoms with Crippen molar-refractivity contribution >= 4 is 10.0 Å². The average Bonchev–Trinajstić information content (AvgIpc) is 2.91. The maximum atomic E-state index is 12.2. The first-order valence-corrected chi connectivity index (χ1v) is 7.36. The molecule has 2 N–H and O–H groups in total. The number of sulfonamides is 1. The third kappa shape index (κ3) is 3.44. The molecule has 2 rings (SSSR count). The van der Waals surface area contributed by atoms with Gasteiger partial charge in [-0.2, -0.15) is 0 Å². The molecule has 0 aliphatic rings. The lowest BCUT2D eigenvalue weighted by atomic mass is 10.2. The van der Waals surface area contributed by atoms with Crippen LogP contribution in [-0.4, -0.2) is 15.5 Å². The van der Waals surface area contributed by atoms with E-state index in [4.69, 9.17) is 4.42 Å². The molecule has 0 fully saturated rings. The summed E-state index contributed by atoms with van der Waals surface area (Å²) in [5.74, 6) is 0.578. The van der Waals surface area contributed by atoms with Crippen LogP contribution >= 0.6 is 0 Å². The van der Waals surface area contributed by atoms with E-state index in [2.05, 4.69) is 10.0 Å². The Bertz CT molecular complexity index is 621. The predicted molar refractivity (Wildman–Crippen MR) is 71.9 cm³/mol. The number of rotatable bonds is 6. The fourth-order valence-corrected chi connectivity index (χ4v) is 2.99. The van der Waals surface area contributed by atoms with E-state index >= 15 is 0 Å². The van der Waals surface area contributed by atoms with Crippen LogP contribution in [-0.2, 0) is 23.1 Å². The Labute approximate surface area is 112 Å². The number of hydrogen-bond acceptors (Lipinski definition) is 4. The maximum absolute atomic E-state index is 12.2. The molecule has 0 spiro atoms. The van der Waals surface area contributed by atoms with Crippen molar-refractivity contribution in [2.24, 2.45) is 0 Å². The van der Waals surface area contributed by atoms with Gasteiger partial charge in [-0.15, -0.1) is 0 Å². The zero-order chi connectivity index (χ0) is 13.7. The first-order chi connectivity index (χ1) is 9.13. The molecule has 2 aromatic rings. The lowest BCUT2D eigenvalue weighted by Gasteiger charge is -2.10. The Balaban J connectivity index is 2.19. The molecule has 0 atom stereocenters. The molecule has 0 saturated heterocycles. The van der Waals surface area contributed by atoms with Gasteiger partial charge in [0.1, 0.15) is 5.76 Å². The molecular formula is C13H16N2O3S. The van der Waals surface area contributed by atoms with Crippen LogP contribution < -0.4 is 10.0 Å². The predicted octanol–water partition coefficient (Wildman–Crippen LogP) is 1.48. The van der Waals surface area contributed by atoms with E-state index in [0.29, 0.717) is 12.3 Å². The second-order valence-electron chi connectivity index (χ2n) is 4.04. The summed E-state index contributed by atoms with van der Waals surface area (Å²) in [6.07, 6.45) is 1.51. The minimum absolute atomic E-state index is 0.142. The van der Waals surface area contributed by atoms with Gasteiger partial charge in [-0.1, -0.05) is 18.2 Å². The molecule has 0 amide bonds. The Hall–Kier alpha value is -1.63. The summed E-state index contributed by atoms with van der Waals surface area (Å²) in [6, 6.07) is 10.4. The van der Waals surface area contributed by atoms with Crippen LogP contribution in [0, 0.1) is 0 Å². The molecule has 19 heavy (non-hydrogen) atoms. The van der Waals surface area contributed by atoms with Crippen LogP contribution in [0.5, 0.6) is 0 Å². The van der Waals surface area contributed by atoms with Crippen LogP contribution in [0.3, 0.4) is 0 Å². The van der Waals surface area contributed by atoms with Crippen molar-refractivity contribution in [3.63, 3.8) is 0 Å². The Morgan fingerprint density at radius 1 is 1.11 bits per heavy atom. The van der Waals surface area contributed by atoms with E-state index in [1.54, 1.807) is 37.4 Å². The Morgan fingerprint density at radius 3 is 2.58 bits per heavy atom. The SMILES string of the molecule is CNCc1ccccc1S(=O)(=O)NCc1ccco1. The molecule has 6 heteroatoms. The van der Waals surface area contributed by atoms with Gasteiger partial charge in [-0.05, 0) is 30.8 Å². The lowest BCUT2D eigenvalue weighted by Crippen LogP contribution is -2.25. The van der Waals surface area contributed by atoms with Gasteiger partial charge in [0.2, 0.25) is 10.0 Å². The highest BCUT2D eigenvalue weighted by atomic mass is 32.2. The van der Waals surface area contributed by atoms with Gasteiger partial charge in [-0.25, -0.2) is 13.1 Å². The quantitative estimate of drug-likeness (QED) is 0.840. The first-order valence-electron chi connectivity index (χ1n) is 5.88. The summed E-state index contributed by atoms with van der Waals surface area (Å²) >= 11 is 0. The van der Waals surface area contributed by atoms with E-state index in [9.17, 15) is 8.42 Å². The molecule has 0 saturated carbocycles. The van der Waals surface area contributed by atoms with Crippen LogP contribution in [0.1, 0.15) is 11.3 Å². The highest BCUT2D eigenvalue weighted by Gasteiger charge is 2.17. The van der Waals surface area contributed by atoms with Gasteiger partial charge in [0.15, 0.2) is 0 Å². The highest BCUT2D eigenvalue weighted by molar-refractivity contribution is 7.89. The molecule has 0 radical (unpaired) electrons. The molecule has 0 aliphatic carbocycles. The zero-order valence-electron chi connectivity index (χ0n) is 10.6. The third-order valence-corrected chi connectivity index (χ3v) is 4.15. The fraction of sp³-hybridized carbons (Fsp3) is 0.231. The van der Waals surface area contributed by atoms with E-state index in [-0.39, 0.29) is 11.4 Å². The fourth-order valence-electron chi connectivity index (χ4n) is 1.76. The molecular weight excluding hydrogens is 264 g/mol. The number of furan rings is 1. The van der Waals surface area contributed by atoms with Crippen molar-refractivity contribution in [1.29, 1.82) is 0 Å². The Morgan fingerprint density at radius 2 is 1.89 bits per heavy atom. The van der Waals surface area contributed by atoms with Gasteiger partial charge in [0.25, 0.3) is 0 Å². The monoisotopic (exact) mass is 280 g/mol. The van der Waals surface area contributed by atoms with Crippen molar-refractivity contribution in [1.82, 2.24) is 10.0 Å². The molecule has 102 valence electrons. The standard InChI is InChI=1S/C13H16N2O3S/c1-14-9-11-5-2-3-7-13(11)19(16,17)15-10-12-6-4-8-18-12/h2-8,14-15H,9-10H2,1H3. The van der Waals surface area contributed by atoms with Crippen molar-refractivity contribution in [3.05, 3.63) is 54.0 Å². The van der Waals surface area contributed by atoms with Crippen LogP contribution in [0.2, 0.25) is 0 Å². The zero-order valence-corrected chi connectivity index (χ0v) is 11.4. The summed E-state index contributed by atoms with van der Waals surface area (Å²) in [4.78, 5) is 0.288. The highest BCUT2D eigenvalue weighted by Crippen LogP contribution is 2.15. The molecule has 1 aromatic heterocycles. The van der Waals surface area contributed by atoms with Crippen molar-refractivity contribution in [3.8, 4) is 0 Å². The minimum atomic E-state index is -3.54. The van der Waals surface area contributed by atoms with Crippen LogP contribution in [0.25, 0.3) is 0 Å². The van der Waals surface area contributed by atoms with Crippen molar-refractivity contribution < 1.29 is 12.8 Å². The van der Waals surface area contributed by atoms with E-state index < -0.39 is 10.0 Å². The lowest BCUT2D eigenvalue weighted by molar-refractivity contribution is 0.498. The number of benzene rings is 1. The maximum Gasteiger partial charge on any atom is 0.241 e. The molecule has 0 bridgehead atoms.